The van der Waals surface area contributed by atoms with E-state index in [1.165, 1.54) is 17.3 Å². The number of para-hydroxylation sites is 1. The van der Waals surface area contributed by atoms with Crippen LogP contribution in [0.4, 0.5) is 0 Å². The predicted octanol–water partition coefficient (Wildman–Crippen LogP) is 4.87. The van der Waals surface area contributed by atoms with Gasteiger partial charge in [-0.2, -0.15) is 0 Å². The molecule has 1 saturated heterocycles. The molecule has 0 bridgehead atoms. The fraction of sp³-hybridized carbons (Fsp3) is 0.308. The fourth-order valence-electron chi connectivity index (χ4n) is 4.26. The Bertz CT molecular complexity index is 1260. The third-order valence-corrected chi connectivity index (χ3v) is 7.42. The second-order valence-electron chi connectivity index (χ2n) is 8.07. The standard InChI is InChI=1S/C26H28N4O2S2/c1-4-19-10-7-11-21-20(16-29(24(19)21)17-23(31)28(5-2)6-3)13-22-25(32)30(26(33)34-22)15-18-9-8-12-27-14-18/h7-14,16H,4-6,15,17H2,1-3H3/b22-13-. The number of hydrogen-bond donors (Lipinski definition) is 0. The highest BCUT2D eigenvalue weighted by Gasteiger charge is 2.32. The minimum Gasteiger partial charge on any atom is -0.342 e. The number of pyridine rings is 1. The Balaban J connectivity index is 1.70. The zero-order valence-electron chi connectivity index (χ0n) is 19.7. The van der Waals surface area contributed by atoms with E-state index in [2.05, 4.69) is 24.0 Å². The number of hydrogen-bond acceptors (Lipinski definition) is 5. The number of nitrogens with zero attached hydrogens (tertiary/aromatic N) is 4. The number of aryl methyl sites for hydroxylation is 1. The highest BCUT2D eigenvalue weighted by Crippen LogP contribution is 2.36. The molecule has 8 heteroatoms. The summed E-state index contributed by atoms with van der Waals surface area (Å²) in [6.07, 6.45) is 8.20. The third kappa shape index (κ3) is 4.79. The molecular weight excluding hydrogens is 464 g/mol. The summed E-state index contributed by atoms with van der Waals surface area (Å²) in [5, 5.41) is 1.03. The van der Waals surface area contributed by atoms with Crippen LogP contribution >= 0.6 is 24.0 Å². The minimum absolute atomic E-state index is 0.0853. The third-order valence-electron chi connectivity index (χ3n) is 6.04. The maximum Gasteiger partial charge on any atom is 0.266 e. The molecule has 1 aliphatic heterocycles. The van der Waals surface area contributed by atoms with Crippen molar-refractivity contribution >= 4 is 57.1 Å². The lowest BCUT2D eigenvalue weighted by molar-refractivity contribution is -0.131. The van der Waals surface area contributed by atoms with Gasteiger partial charge in [-0.05, 0) is 43.5 Å². The number of rotatable bonds is 8. The van der Waals surface area contributed by atoms with E-state index < -0.39 is 0 Å². The van der Waals surface area contributed by atoms with Gasteiger partial charge in [-0.1, -0.05) is 55.2 Å². The van der Waals surface area contributed by atoms with Crippen molar-refractivity contribution in [3.8, 4) is 0 Å². The van der Waals surface area contributed by atoms with Gasteiger partial charge in [-0.15, -0.1) is 0 Å². The molecule has 1 fully saturated rings. The Hall–Kier alpha value is -2.97. The Labute approximate surface area is 209 Å². The van der Waals surface area contributed by atoms with Gasteiger partial charge in [-0.3, -0.25) is 19.5 Å². The number of thioether (sulfide) groups is 1. The summed E-state index contributed by atoms with van der Waals surface area (Å²) in [5.41, 5.74) is 4.06. The summed E-state index contributed by atoms with van der Waals surface area (Å²) in [5.74, 6) is -0.0206. The maximum atomic E-state index is 13.2. The monoisotopic (exact) mass is 492 g/mol. The van der Waals surface area contributed by atoms with Crippen LogP contribution < -0.4 is 0 Å². The van der Waals surface area contributed by atoms with Crippen LogP contribution in [0.5, 0.6) is 0 Å². The van der Waals surface area contributed by atoms with Crippen molar-refractivity contribution in [3.05, 3.63) is 70.5 Å². The second-order valence-corrected chi connectivity index (χ2v) is 9.75. The molecule has 0 spiro atoms. The van der Waals surface area contributed by atoms with E-state index in [9.17, 15) is 9.59 Å². The normalized spacial score (nSPS) is 15.0. The first-order chi connectivity index (χ1) is 16.5. The molecule has 3 aromatic rings. The van der Waals surface area contributed by atoms with Gasteiger partial charge in [0.1, 0.15) is 10.9 Å². The number of amides is 2. The van der Waals surface area contributed by atoms with Crippen LogP contribution in [-0.4, -0.2) is 48.6 Å². The van der Waals surface area contributed by atoms with Crippen molar-refractivity contribution in [2.24, 2.45) is 0 Å². The van der Waals surface area contributed by atoms with Gasteiger partial charge in [0, 0.05) is 42.6 Å². The number of fused-ring (bicyclic) bond motifs is 1. The maximum absolute atomic E-state index is 13.2. The summed E-state index contributed by atoms with van der Waals surface area (Å²) in [4.78, 5) is 34.3. The second kappa shape index (κ2) is 10.5. The predicted molar refractivity (Wildman–Crippen MR) is 142 cm³/mol. The summed E-state index contributed by atoms with van der Waals surface area (Å²) in [7, 11) is 0. The van der Waals surface area contributed by atoms with Gasteiger partial charge in [-0.25, -0.2) is 0 Å². The number of carbonyl (C=O) groups is 2. The van der Waals surface area contributed by atoms with Crippen molar-refractivity contribution in [1.82, 2.24) is 19.4 Å². The van der Waals surface area contributed by atoms with Crippen LogP contribution in [0.1, 0.15) is 37.5 Å². The van der Waals surface area contributed by atoms with Crippen molar-refractivity contribution in [3.63, 3.8) is 0 Å². The van der Waals surface area contributed by atoms with E-state index >= 15 is 0 Å². The topological polar surface area (TPSA) is 58.4 Å². The van der Waals surface area contributed by atoms with Crippen LogP contribution in [0.2, 0.25) is 0 Å². The molecule has 0 N–H and O–H groups in total. The molecule has 2 amide bonds. The molecule has 176 valence electrons. The van der Waals surface area contributed by atoms with Gasteiger partial charge in [0.2, 0.25) is 5.91 Å². The molecule has 0 saturated carbocycles. The molecule has 34 heavy (non-hydrogen) atoms. The van der Waals surface area contributed by atoms with E-state index in [4.69, 9.17) is 12.2 Å². The Morgan fingerprint density at radius 3 is 2.65 bits per heavy atom. The molecule has 1 aromatic carbocycles. The number of likely N-dealkylation sites (N-methyl/N-ethyl adjacent to an activating group) is 1. The number of aromatic nitrogens is 2. The van der Waals surface area contributed by atoms with Gasteiger partial charge in [0.05, 0.1) is 17.0 Å². The lowest BCUT2D eigenvalue weighted by Crippen LogP contribution is -2.33. The average Bonchev–Trinajstić information content (AvgIpc) is 3.32. The van der Waals surface area contributed by atoms with Crippen LogP contribution in [0.15, 0.2) is 53.8 Å². The first-order valence-electron chi connectivity index (χ1n) is 11.5. The molecule has 6 nitrogen and oxygen atoms in total. The summed E-state index contributed by atoms with van der Waals surface area (Å²) < 4.78 is 2.56. The molecule has 2 aromatic heterocycles. The molecule has 0 unspecified atom stereocenters. The van der Waals surface area contributed by atoms with Crippen molar-refractivity contribution < 1.29 is 9.59 Å². The van der Waals surface area contributed by atoms with Gasteiger partial charge in [0.15, 0.2) is 0 Å². The number of thiocarbonyl (C=S) groups is 1. The Morgan fingerprint density at radius 1 is 1.18 bits per heavy atom. The van der Waals surface area contributed by atoms with Crippen LogP contribution in [0, 0.1) is 0 Å². The van der Waals surface area contributed by atoms with Crippen molar-refractivity contribution in [2.75, 3.05) is 13.1 Å². The van der Waals surface area contributed by atoms with Crippen molar-refractivity contribution in [1.29, 1.82) is 0 Å². The van der Waals surface area contributed by atoms with Crippen LogP contribution in [0.3, 0.4) is 0 Å². The van der Waals surface area contributed by atoms with Crippen LogP contribution in [-0.2, 0) is 29.1 Å². The van der Waals surface area contributed by atoms with E-state index in [0.717, 1.165) is 28.5 Å². The minimum atomic E-state index is -0.106. The molecular formula is C26H28N4O2S2. The molecule has 4 rings (SSSR count). The van der Waals surface area contributed by atoms with Crippen LogP contribution in [0.25, 0.3) is 17.0 Å². The summed E-state index contributed by atoms with van der Waals surface area (Å²) in [6, 6.07) is 9.96. The SMILES string of the molecule is CCc1cccc2c(/C=C3\SC(=S)N(Cc4cccnc4)C3=O)cn(CC(=O)N(CC)CC)c12. The molecule has 0 radical (unpaired) electrons. The van der Waals surface area contributed by atoms with Gasteiger partial charge >= 0.3 is 0 Å². The van der Waals surface area contributed by atoms with Gasteiger partial charge < -0.3 is 9.47 Å². The summed E-state index contributed by atoms with van der Waals surface area (Å²) in [6.45, 7) is 8.13. The van der Waals surface area contributed by atoms with E-state index in [1.807, 2.05) is 53.8 Å². The zero-order valence-corrected chi connectivity index (χ0v) is 21.3. The van der Waals surface area contributed by atoms with Crippen molar-refractivity contribution in [2.45, 2.75) is 40.3 Å². The summed E-state index contributed by atoms with van der Waals surface area (Å²) >= 11 is 6.83. The quantitative estimate of drug-likeness (QED) is 0.332. The van der Waals surface area contributed by atoms with E-state index in [-0.39, 0.29) is 18.4 Å². The lowest BCUT2D eigenvalue weighted by Gasteiger charge is -2.19. The first-order valence-corrected chi connectivity index (χ1v) is 12.7. The fourth-order valence-corrected chi connectivity index (χ4v) is 5.51. The smallest absolute Gasteiger partial charge is 0.266 e. The molecule has 0 atom stereocenters. The Kier molecular flexibility index (Phi) is 7.48. The highest BCUT2D eigenvalue weighted by atomic mass is 32.2. The Morgan fingerprint density at radius 2 is 1.97 bits per heavy atom. The number of carbonyl (C=O) groups excluding carboxylic acids is 2. The largest absolute Gasteiger partial charge is 0.342 e. The lowest BCUT2D eigenvalue weighted by atomic mass is 10.1. The van der Waals surface area contributed by atoms with Gasteiger partial charge in [0.25, 0.3) is 5.91 Å². The zero-order chi connectivity index (χ0) is 24.2. The van der Waals surface area contributed by atoms with E-state index in [0.29, 0.717) is 28.9 Å². The molecule has 0 aliphatic carbocycles. The highest BCUT2D eigenvalue weighted by molar-refractivity contribution is 8.26. The molecule has 3 heterocycles. The average molecular weight is 493 g/mol. The van der Waals surface area contributed by atoms with E-state index in [1.54, 1.807) is 17.3 Å². The number of benzene rings is 1. The molecule has 1 aliphatic rings. The first kappa shape index (κ1) is 24.2.